The molecule has 4 amide bonds. The molecule has 35 heavy (non-hydrogen) atoms. The highest BCUT2D eigenvalue weighted by atomic mass is 79.9. The standard InChI is InChI=1S/C21H15BrClFN4O5S2/c1-25-15-6-10-7-18(29)28(20(30)12(10)9-13(15)22)16-3-2-11(8-14(16)24)26-21(31)27-35(32,33)19-5-4-17(23)34-19/h2-6,8-9,25H,7H2,1H3,(H2,26,27,31). The van der Waals surface area contributed by atoms with Crippen LogP contribution in [0.1, 0.15) is 15.9 Å². The van der Waals surface area contributed by atoms with Crippen LogP contribution in [0.3, 0.4) is 0 Å². The summed E-state index contributed by atoms with van der Waals surface area (Å²) in [5, 5.41) is 5.15. The summed E-state index contributed by atoms with van der Waals surface area (Å²) in [5.74, 6) is -2.28. The highest BCUT2D eigenvalue weighted by Crippen LogP contribution is 2.33. The summed E-state index contributed by atoms with van der Waals surface area (Å²) in [6, 6.07) is 7.96. The number of thiophene rings is 1. The van der Waals surface area contributed by atoms with Gasteiger partial charge in [0, 0.05) is 28.5 Å². The molecular weight excluding hydrogens is 587 g/mol. The zero-order chi connectivity index (χ0) is 25.5. The minimum absolute atomic E-state index is 0.0955. The van der Waals surface area contributed by atoms with Gasteiger partial charge in [0.15, 0.2) is 0 Å². The Morgan fingerprint density at radius 1 is 1.17 bits per heavy atom. The fourth-order valence-corrected chi connectivity index (χ4v) is 6.34. The third-order valence-corrected chi connectivity index (χ3v) is 8.68. The number of fused-ring (bicyclic) bond motifs is 1. The predicted octanol–water partition coefficient (Wildman–Crippen LogP) is 4.58. The van der Waals surface area contributed by atoms with Crippen molar-refractivity contribution in [2.45, 2.75) is 10.6 Å². The molecule has 3 aromatic rings. The number of benzene rings is 2. The second kappa shape index (κ2) is 9.57. The van der Waals surface area contributed by atoms with E-state index in [0.29, 0.717) is 15.7 Å². The molecule has 0 fully saturated rings. The molecule has 0 saturated heterocycles. The third-order valence-electron chi connectivity index (χ3n) is 4.97. The number of hydrogen-bond donors (Lipinski definition) is 3. The van der Waals surface area contributed by atoms with Crippen molar-refractivity contribution in [3.63, 3.8) is 0 Å². The molecule has 0 aliphatic carbocycles. The second-order valence-electron chi connectivity index (χ2n) is 7.23. The van der Waals surface area contributed by atoms with E-state index in [4.69, 9.17) is 11.6 Å². The van der Waals surface area contributed by atoms with Crippen LogP contribution < -0.4 is 20.3 Å². The van der Waals surface area contributed by atoms with Crippen molar-refractivity contribution in [1.29, 1.82) is 0 Å². The van der Waals surface area contributed by atoms with E-state index in [1.165, 1.54) is 18.2 Å². The zero-order valence-electron chi connectivity index (χ0n) is 17.7. The average Bonchev–Trinajstić information content (AvgIpc) is 3.22. The smallest absolute Gasteiger partial charge is 0.333 e. The molecule has 0 spiro atoms. The number of imide groups is 1. The molecular formula is C21H15BrClFN4O5S2. The van der Waals surface area contributed by atoms with Gasteiger partial charge in [0.05, 0.1) is 16.4 Å². The molecule has 0 radical (unpaired) electrons. The van der Waals surface area contributed by atoms with E-state index in [1.807, 2.05) is 0 Å². The molecule has 1 aliphatic rings. The van der Waals surface area contributed by atoms with Crippen LogP contribution in [0.5, 0.6) is 0 Å². The molecule has 2 heterocycles. The zero-order valence-corrected chi connectivity index (χ0v) is 21.7. The molecule has 1 aromatic heterocycles. The Morgan fingerprint density at radius 2 is 1.91 bits per heavy atom. The Labute approximate surface area is 216 Å². The summed E-state index contributed by atoms with van der Waals surface area (Å²) in [4.78, 5) is 38.6. The van der Waals surface area contributed by atoms with Crippen LogP contribution in [-0.2, 0) is 21.2 Å². The predicted molar refractivity (Wildman–Crippen MR) is 134 cm³/mol. The van der Waals surface area contributed by atoms with Crippen molar-refractivity contribution in [2.75, 3.05) is 22.6 Å². The Bertz CT molecular complexity index is 1490. The van der Waals surface area contributed by atoms with E-state index in [9.17, 15) is 27.2 Å². The number of sulfonamides is 1. The first-order valence-corrected chi connectivity index (χ1v) is 13.2. The molecule has 0 saturated carbocycles. The number of nitrogens with zero attached hydrogens (tertiary/aromatic N) is 1. The van der Waals surface area contributed by atoms with Crippen LogP contribution in [0.2, 0.25) is 4.34 Å². The van der Waals surface area contributed by atoms with E-state index in [0.717, 1.165) is 28.4 Å². The topological polar surface area (TPSA) is 125 Å². The highest BCUT2D eigenvalue weighted by molar-refractivity contribution is 9.10. The van der Waals surface area contributed by atoms with Gasteiger partial charge in [-0.05, 0) is 64.0 Å². The lowest BCUT2D eigenvalue weighted by atomic mass is 9.97. The molecule has 9 nitrogen and oxygen atoms in total. The number of nitrogens with one attached hydrogen (secondary N) is 3. The van der Waals surface area contributed by atoms with Crippen LogP contribution in [0.25, 0.3) is 0 Å². The molecule has 4 rings (SSSR count). The monoisotopic (exact) mass is 600 g/mol. The first kappa shape index (κ1) is 25.1. The van der Waals surface area contributed by atoms with E-state index >= 15 is 0 Å². The molecule has 0 bridgehead atoms. The van der Waals surface area contributed by atoms with Gasteiger partial charge in [-0.25, -0.2) is 27.2 Å². The van der Waals surface area contributed by atoms with Gasteiger partial charge in [-0.2, -0.15) is 0 Å². The molecule has 1 aliphatic heterocycles. The molecule has 3 N–H and O–H groups in total. The van der Waals surface area contributed by atoms with Crippen molar-refractivity contribution < 1.29 is 27.2 Å². The van der Waals surface area contributed by atoms with Crippen molar-refractivity contribution in [2.24, 2.45) is 0 Å². The van der Waals surface area contributed by atoms with Crippen molar-refractivity contribution in [1.82, 2.24) is 4.72 Å². The summed E-state index contributed by atoms with van der Waals surface area (Å²) in [6.07, 6.45) is -0.116. The fourth-order valence-electron chi connectivity index (χ4n) is 3.41. The quantitative estimate of drug-likeness (QED) is 0.368. The number of carbonyl (C=O) groups is 3. The third kappa shape index (κ3) is 5.03. The van der Waals surface area contributed by atoms with Gasteiger partial charge in [0.1, 0.15) is 10.0 Å². The number of hydrogen-bond acceptors (Lipinski definition) is 7. The normalized spacial score (nSPS) is 13.4. The molecule has 182 valence electrons. The lowest BCUT2D eigenvalue weighted by Gasteiger charge is -2.28. The van der Waals surface area contributed by atoms with E-state index < -0.39 is 33.7 Å². The minimum Gasteiger partial charge on any atom is -0.387 e. The summed E-state index contributed by atoms with van der Waals surface area (Å²) in [7, 11) is -2.48. The number of urea groups is 1. The summed E-state index contributed by atoms with van der Waals surface area (Å²) >= 11 is 9.84. The number of halogens is 3. The molecule has 14 heteroatoms. The molecule has 0 atom stereocenters. The molecule has 0 unspecified atom stereocenters. The summed E-state index contributed by atoms with van der Waals surface area (Å²) < 4.78 is 41.9. The lowest BCUT2D eigenvalue weighted by Crippen LogP contribution is -2.43. The van der Waals surface area contributed by atoms with Crippen LogP contribution >= 0.6 is 38.9 Å². The van der Waals surface area contributed by atoms with Gasteiger partial charge >= 0.3 is 6.03 Å². The van der Waals surface area contributed by atoms with Crippen molar-refractivity contribution in [3.8, 4) is 0 Å². The first-order chi connectivity index (χ1) is 16.5. The van der Waals surface area contributed by atoms with Gasteiger partial charge in [-0.1, -0.05) is 11.6 Å². The maximum Gasteiger partial charge on any atom is 0.333 e. The number of carbonyl (C=O) groups excluding carboxylic acids is 3. The maximum atomic E-state index is 14.9. The Morgan fingerprint density at radius 3 is 2.54 bits per heavy atom. The van der Waals surface area contributed by atoms with Crippen LogP contribution in [0.4, 0.5) is 26.2 Å². The minimum atomic E-state index is -4.17. The fraction of sp³-hybridized carbons (Fsp3) is 0.0952. The van der Waals surface area contributed by atoms with Crippen LogP contribution in [-0.4, -0.2) is 33.3 Å². The van der Waals surface area contributed by atoms with Gasteiger partial charge in [0.25, 0.3) is 15.9 Å². The number of rotatable bonds is 5. The van der Waals surface area contributed by atoms with Crippen LogP contribution in [0, 0.1) is 5.82 Å². The largest absolute Gasteiger partial charge is 0.387 e. The summed E-state index contributed by atoms with van der Waals surface area (Å²) in [5.41, 5.74) is 1.05. The van der Waals surface area contributed by atoms with Crippen molar-refractivity contribution >= 4 is 83.8 Å². The first-order valence-electron chi connectivity index (χ1n) is 9.76. The van der Waals surface area contributed by atoms with E-state index in [-0.39, 0.29) is 31.9 Å². The number of anilines is 3. The van der Waals surface area contributed by atoms with E-state index in [2.05, 4.69) is 26.6 Å². The van der Waals surface area contributed by atoms with Gasteiger partial charge in [-0.15, -0.1) is 11.3 Å². The Hall–Kier alpha value is -3.00. The Balaban J connectivity index is 1.54. The van der Waals surface area contributed by atoms with Crippen LogP contribution in [0.15, 0.2) is 51.1 Å². The number of amides is 4. The lowest BCUT2D eigenvalue weighted by molar-refractivity contribution is -0.117. The maximum absolute atomic E-state index is 14.9. The average molecular weight is 602 g/mol. The van der Waals surface area contributed by atoms with E-state index in [1.54, 1.807) is 23.9 Å². The van der Waals surface area contributed by atoms with Crippen molar-refractivity contribution in [3.05, 3.63) is 68.2 Å². The highest BCUT2D eigenvalue weighted by Gasteiger charge is 2.34. The van der Waals surface area contributed by atoms with Gasteiger partial charge < -0.3 is 10.6 Å². The Kier molecular flexibility index (Phi) is 6.86. The second-order valence-corrected chi connectivity index (χ2v) is 11.7. The SMILES string of the molecule is CNc1cc2c(cc1Br)C(=O)N(c1ccc(NC(=O)NS(=O)(=O)c3ccc(Cl)s3)cc1F)C(=O)C2. The molecule has 2 aromatic carbocycles. The van der Waals surface area contributed by atoms with Gasteiger partial charge in [0.2, 0.25) is 5.91 Å². The van der Waals surface area contributed by atoms with Gasteiger partial charge in [-0.3, -0.25) is 9.59 Å². The summed E-state index contributed by atoms with van der Waals surface area (Å²) in [6.45, 7) is 0.